The molecule has 3 atom stereocenters. The van der Waals surface area contributed by atoms with E-state index in [0.29, 0.717) is 18.3 Å². The van der Waals surface area contributed by atoms with E-state index in [-0.39, 0.29) is 6.03 Å². The minimum absolute atomic E-state index is 0.185. The van der Waals surface area contributed by atoms with E-state index in [0.717, 1.165) is 25.1 Å². The first-order chi connectivity index (χ1) is 11.0. The number of methoxy groups -OCH3 is 1. The molecule has 23 heavy (non-hydrogen) atoms. The Morgan fingerprint density at radius 1 is 1.22 bits per heavy atom. The number of hydrogen-bond donors (Lipinski definition) is 1. The van der Waals surface area contributed by atoms with Crippen LogP contribution in [-0.2, 0) is 16.0 Å². The zero-order valence-corrected chi connectivity index (χ0v) is 14.1. The fourth-order valence-corrected chi connectivity index (χ4v) is 3.25. The summed E-state index contributed by atoms with van der Waals surface area (Å²) in [5.41, 5.74) is 0.989. The van der Waals surface area contributed by atoms with Gasteiger partial charge in [-0.3, -0.25) is 0 Å². The maximum atomic E-state index is 12.5. The second-order valence-corrected chi connectivity index (χ2v) is 6.57. The molecule has 0 spiro atoms. The van der Waals surface area contributed by atoms with Crippen LogP contribution in [0.25, 0.3) is 0 Å². The van der Waals surface area contributed by atoms with E-state index < -0.39 is 12.0 Å². The number of nitrogens with zero attached hydrogens (tertiary/aromatic N) is 1. The zero-order valence-electron chi connectivity index (χ0n) is 14.1. The molecule has 1 heterocycles. The number of likely N-dealkylation sites (tertiary alicyclic amines) is 1. The monoisotopic (exact) mass is 318 g/mol. The first kappa shape index (κ1) is 17.3. The summed E-state index contributed by atoms with van der Waals surface area (Å²) in [4.78, 5) is 26.3. The van der Waals surface area contributed by atoms with Gasteiger partial charge in [-0.1, -0.05) is 44.2 Å². The SMILES string of the molecule is COC(=O)[C@@H](Cc1ccccc1)NC(=O)N1C[C@H](C)C[C@H](C)C1. The highest BCUT2D eigenvalue weighted by atomic mass is 16.5. The van der Waals surface area contributed by atoms with Crippen LogP contribution >= 0.6 is 0 Å². The molecule has 1 fully saturated rings. The fraction of sp³-hybridized carbons (Fsp3) is 0.556. The van der Waals surface area contributed by atoms with Crippen molar-refractivity contribution in [3.63, 3.8) is 0 Å². The van der Waals surface area contributed by atoms with Crippen molar-refractivity contribution in [1.29, 1.82) is 0 Å². The van der Waals surface area contributed by atoms with Gasteiger partial charge in [0.1, 0.15) is 6.04 Å². The minimum atomic E-state index is -0.664. The largest absolute Gasteiger partial charge is 0.467 e. The minimum Gasteiger partial charge on any atom is -0.467 e. The van der Waals surface area contributed by atoms with Crippen LogP contribution in [0.3, 0.4) is 0 Å². The lowest BCUT2D eigenvalue weighted by Crippen LogP contribution is -2.52. The number of rotatable bonds is 4. The van der Waals surface area contributed by atoms with Crippen molar-refractivity contribution in [2.75, 3.05) is 20.2 Å². The molecule has 0 radical (unpaired) electrons. The smallest absolute Gasteiger partial charge is 0.328 e. The third-order valence-electron chi connectivity index (χ3n) is 4.22. The van der Waals surface area contributed by atoms with Gasteiger partial charge in [0.15, 0.2) is 0 Å². The number of ether oxygens (including phenoxy) is 1. The van der Waals surface area contributed by atoms with Gasteiger partial charge >= 0.3 is 12.0 Å². The molecule has 1 aromatic rings. The van der Waals surface area contributed by atoms with Gasteiger partial charge in [-0.25, -0.2) is 9.59 Å². The molecule has 0 saturated carbocycles. The molecule has 5 nitrogen and oxygen atoms in total. The molecule has 126 valence electrons. The molecule has 1 N–H and O–H groups in total. The number of carbonyl (C=O) groups excluding carboxylic acids is 2. The number of nitrogens with one attached hydrogen (secondary N) is 1. The quantitative estimate of drug-likeness (QED) is 0.868. The lowest BCUT2D eigenvalue weighted by Gasteiger charge is -2.35. The van der Waals surface area contributed by atoms with Crippen LogP contribution < -0.4 is 5.32 Å². The van der Waals surface area contributed by atoms with Crippen molar-refractivity contribution in [2.24, 2.45) is 11.8 Å². The summed E-state index contributed by atoms with van der Waals surface area (Å²) in [6.45, 7) is 5.76. The Bertz CT molecular complexity index is 522. The summed E-state index contributed by atoms with van der Waals surface area (Å²) >= 11 is 0. The van der Waals surface area contributed by atoms with Gasteiger partial charge in [-0.15, -0.1) is 0 Å². The van der Waals surface area contributed by atoms with Gasteiger partial charge in [0.2, 0.25) is 0 Å². The van der Waals surface area contributed by atoms with Crippen molar-refractivity contribution in [3.8, 4) is 0 Å². The van der Waals surface area contributed by atoms with Crippen LogP contribution in [-0.4, -0.2) is 43.1 Å². The third kappa shape index (κ3) is 4.98. The lowest BCUT2D eigenvalue weighted by molar-refractivity contribution is -0.142. The predicted molar refractivity (Wildman–Crippen MR) is 89.0 cm³/mol. The maximum absolute atomic E-state index is 12.5. The van der Waals surface area contributed by atoms with Gasteiger partial charge in [0.05, 0.1) is 7.11 Å². The molecule has 5 heteroatoms. The lowest BCUT2D eigenvalue weighted by atomic mass is 9.92. The highest BCUT2D eigenvalue weighted by Crippen LogP contribution is 2.21. The molecular weight excluding hydrogens is 292 g/mol. The van der Waals surface area contributed by atoms with Crippen molar-refractivity contribution < 1.29 is 14.3 Å². The molecule has 2 rings (SSSR count). The molecule has 0 unspecified atom stereocenters. The number of hydrogen-bond acceptors (Lipinski definition) is 3. The highest BCUT2D eigenvalue weighted by molar-refractivity contribution is 5.83. The second-order valence-electron chi connectivity index (χ2n) is 6.57. The summed E-state index contributed by atoms with van der Waals surface area (Å²) in [6, 6.07) is 8.78. The maximum Gasteiger partial charge on any atom is 0.328 e. The van der Waals surface area contributed by atoms with Crippen LogP contribution in [0.4, 0.5) is 4.79 Å². The Hall–Kier alpha value is -2.04. The van der Waals surface area contributed by atoms with E-state index in [1.807, 2.05) is 30.3 Å². The molecule has 1 saturated heterocycles. The van der Waals surface area contributed by atoms with Gasteiger partial charge in [-0.2, -0.15) is 0 Å². The normalized spacial score (nSPS) is 22.3. The standard InChI is InChI=1S/C18H26N2O3/c1-13-9-14(2)12-20(11-13)18(22)19-16(17(21)23-3)10-15-7-5-4-6-8-15/h4-8,13-14,16H,9-12H2,1-3H3,(H,19,22)/t13-,14+,16-/m1/s1. The van der Waals surface area contributed by atoms with Crippen molar-refractivity contribution in [1.82, 2.24) is 10.2 Å². The third-order valence-corrected chi connectivity index (χ3v) is 4.22. The topological polar surface area (TPSA) is 58.6 Å². The van der Waals surface area contributed by atoms with Gasteiger partial charge < -0.3 is 15.0 Å². The average Bonchev–Trinajstić information content (AvgIpc) is 2.53. The first-order valence-electron chi connectivity index (χ1n) is 8.16. The zero-order chi connectivity index (χ0) is 16.8. The summed E-state index contributed by atoms with van der Waals surface area (Å²) in [5.74, 6) is 0.547. The Labute approximate surface area is 138 Å². The molecule has 1 aliphatic rings. The van der Waals surface area contributed by atoms with E-state index in [9.17, 15) is 9.59 Å². The summed E-state index contributed by atoms with van der Waals surface area (Å²) in [6.07, 6.45) is 1.56. The van der Waals surface area contributed by atoms with Gasteiger partial charge in [-0.05, 0) is 23.8 Å². The molecule has 1 aromatic carbocycles. The first-order valence-corrected chi connectivity index (χ1v) is 8.16. The molecule has 1 aliphatic heterocycles. The van der Waals surface area contributed by atoms with Gasteiger partial charge in [0.25, 0.3) is 0 Å². The molecular formula is C18H26N2O3. The Morgan fingerprint density at radius 3 is 2.39 bits per heavy atom. The Balaban J connectivity index is 2.02. The number of carbonyl (C=O) groups is 2. The summed E-state index contributed by atoms with van der Waals surface area (Å²) in [5, 5.41) is 2.84. The Morgan fingerprint density at radius 2 is 1.83 bits per heavy atom. The number of benzene rings is 1. The summed E-state index contributed by atoms with van der Waals surface area (Å²) < 4.78 is 4.84. The van der Waals surface area contributed by atoms with E-state index in [4.69, 9.17) is 4.74 Å². The van der Waals surface area contributed by atoms with Crippen LogP contribution in [0, 0.1) is 11.8 Å². The molecule has 0 aromatic heterocycles. The molecule has 0 bridgehead atoms. The van der Waals surface area contributed by atoms with Crippen LogP contribution in [0.1, 0.15) is 25.8 Å². The highest BCUT2D eigenvalue weighted by Gasteiger charge is 2.29. The summed E-state index contributed by atoms with van der Waals surface area (Å²) in [7, 11) is 1.34. The van der Waals surface area contributed by atoms with Crippen LogP contribution in [0.2, 0.25) is 0 Å². The van der Waals surface area contributed by atoms with E-state index in [2.05, 4.69) is 19.2 Å². The van der Waals surface area contributed by atoms with E-state index >= 15 is 0 Å². The number of amides is 2. The van der Waals surface area contributed by atoms with Crippen molar-refractivity contribution in [3.05, 3.63) is 35.9 Å². The fourth-order valence-electron chi connectivity index (χ4n) is 3.25. The van der Waals surface area contributed by atoms with Crippen molar-refractivity contribution >= 4 is 12.0 Å². The molecule has 2 amide bonds. The van der Waals surface area contributed by atoms with Crippen LogP contribution in [0.5, 0.6) is 0 Å². The molecule has 0 aliphatic carbocycles. The number of piperidine rings is 1. The second kappa shape index (κ2) is 7.99. The predicted octanol–water partition coefficient (Wildman–Crippen LogP) is 2.46. The average molecular weight is 318 g/mol. The number of urea groups is 1. The van der Waals surface area contributed by atoms with E-state index in [1.165, 1.54) is 7.11 Å². The number of esters is 1. The Kier molecular flexibility index (Phi) is 6.02. The van der Waals surface area contributed by atoms with Crippen molar-refractivity contribution in [2.45, 2.75) is 32.7 Å². The van der Waals surface area contributed by atoms with E-state index in [1.54, 1.807) is 4.90 Å². The van der Waals surface area contributed by atoms with Gasteiger partial charge in [0, 0.05) is 19.5 Å². The van der Waals surface area contributed by atoms with Crippen LogP contribution in [0.15, 0.2) is 30.3 Å².